The number of unbranched alkanes of at least 4 members (excludes halogenated alkanes) is 1. The van der Waals surface area contributed by atoms with Gasteiger partial charge in [0, 0.05) is 27.0 Å². The molecular weight excluding hydrogens is 566 g/mol. The topological polar surface area (TPSA) is 91.4 Å². The summed E-state index contributed by atoms with van der Waals surface area (Å²) < 4.78 is 23.3. The molecule has 0 saturated carbocycles. The monoisotopic (exact) mass is 595 g/mol. The molecule has 10 heteroatoms. The molecule has 200 valence electrons. The van der Waals surface area contributed by atoms with E-state index in [9.17, 15) is 14.4 Å². The lowest BCUT2D eigenvalue weighted by molar-refractivity contribution is -0.148. The van der Waals surface area contributed by atoms with E-state index in [1.165, 1.54) is 4.90 Å². The van der Waals surface area contributed by atoms with Gasteiger partial charge in [-0.15, -0.1) is 0 Å². The Morgan fingerprint density at radius 1 is 1.14 bits per heavy atom. The zero-order chi connectivity index (χ0) is 26.8. The third kappa shape index (κ3) is 8.45. The number of hydrogen-bond donors (Lipinski definition) is 0. The van der Waals surface area contributed by atoms with E-state index in [0.717, 1.165) is 34.7 Å². The second-order valence-electron chi connectivity index (χ2n) is 8.61. The van der Waals surface area contributed by atoms with E-state index >= 15 is 0 Å². The molecule has 1 heterocycles. The van der Waals surface area contributed by atoms with Crippen LogP contribution < -0.4 is 4.74 Å². The number of aldehydes is 1. The Bertz CT molecular complexity index is 1100. The van der Waals surface area contributed by atoms with Crippen LogP contribution in [0.2, 0.25) is 5.02 Å². The zero-order valence-electron chi connectivity index (χ0n) is 20.9. The van der Waals surface area contributed by atoms with E-state index in [0.29, 0.717) is 29.4 Å². The smallest absolute Gasteiger partial charge is 0.410 e. The van der Waals surface area contributed by atoms with Crippen LogP contribution in [-0.2, 0) is 32.2 Å². The van der Waals surface area contributed by atoms with Gasteiger partial charge in [-0.1, -0.05) is 46.9 Å². The predicted molar refractivity (Wildman–Crippen MR) is 142 cm³/mol. The molecule has 2 aromatic carbocycles. The first-order chi connectivity index (χ1) is 17.8. The van der Waals surface area contributed by atoms with Gasteiger partial charge in [-0.2, -0.15) is 0 Å². The van der Waals surface area contributed by atoms with Crippen molar-refractivity contribution in [2.45, 2.75) is 58.5 Å². The van der Waals surface area contributed by atoms with Crippen molar-refractivity contribution in [1.82, 2.24) is 4.90 Å². The fourth-order valence-corrected chi connectivity index (χ4v) is 4.70. The van der Waals surface area contributed by atoms with Crippen molar-refractivity contribution >= 4 is 45.9 Å². The van der Waals surface area contributed by atoms with E-state index in [1.54, 1.807) is 37.3 Å². The molecule has 0 spiro atoms. The normalized spacial score (nSPS) is 16.9. The quantitative estimate of drug-likeness (QED) is 0.170. The number of halogens is 2. The third-order valence-corrected chi connectivity index (χ3v) is 6.77. The summed E-state index contributed by atoms with van der Waals surface area (Å²) in [5.74, 6) is 0.0371. The minimum atomic E-state index is -0.767. The van der Waals surface area contributed by atoms with Gasteiger partial charge in [0.15, 0.2) is 0 Å². The van der Waals surface area contributed by atoms with Crippen LogP contribution in [0.3, 0.4) is 0 Å². The Kier molecular flexibility index (Phi) is 11.2. The number of benzene rings is 2. The van der Waals surface area contributed by atoms with Crippen LogP contribution in [-0.4, -0.2) is 55.2 Å². The molecule has 0 N–H and O–H groups in total. The molecule has 37 heavy (non-hydrogen) atoms. The van der Waals surface area contributed by atoms with Gasteiger partial charge in [-0.05, 0) is 49.2 Å². The summed E-state index contributed by atoms with van der Waals surface area (Å²) in [6.45, 7) is 4.88. The molecule has 2 atom stereocenters. The molecule has 1 fully saturated rings. The molecular formula is C27H31BrClNO7. The van der Waals surface area contributed by atoms with E-state index in [2.05, 4.69) is 15.9 Å². The predicted octanol–water partition coefficient (Wildman–Crippen LogP) is 5.95. The highest BCUT2D eigenvalue weighted by atomic mass is 79.9. The standard InChI is InChI=1S/C27H31BrClNO7/c1-3-5-8-35-27(33)30-14-23(13-25(30)26(32)34-4-2)36-16-19-9-18(15-31)10-22(11-19)37-17-20-6-7-21(29)12-24(20)28/h6-7,9-12,15,23,25H,3-5,8,13-14,16-17H2,1-2H3. The Morgan fingerprint density at radius 2 is 1.95 bits per heavy atom. The molecule has 3 rings (SSSR count). The van der Waals surface area contributed by atoms with Gasteiger partial charge < -0.3 is 18.9 Å². The van der Waals surface area contributed by atoms with Crippen molar-refractivity contribution in [3.8, 4) is 5.75 Å². The highest BCUT2D eigenvalue weighted by Gasteiger charge is 2.42. The van der Waals surface area contributed by atoms with Crippen molar-refractivity contribution < 1.29 is 33.3 Å². The van der Waals surface area contributed by atoms with Gasteiger partial charge in [-0.3, -0.25) is 9.69 Å². The van der Waals surface area contributed by atoms with Crippen LogP contribution in [0.1, 0.15) is 54.6 Å². The van der Waals surface area contributed by atoms with Crippen LogP contribution in [0, 0.1) is 0 Å². The Labute approximate surface area is 230 Å². The number of nitrogens with zero attached hydrogens (tertiary/aromatic N) is 1. The average Bonchev–Trinajstić information content (AvgIpc) is 3.32. The second-order valence-corrected chi connectivity index (χ2v) is 9.90. The Balaban J connectivity index is 1.65. The molecule has 1 amide bonds. The van der Waals surface area contributed by atoms with Crippen LogP contribution in [0.15, 0.2) is 40.9 Å². The number of amides is 1. The average molecular weight is 597 g/mol. The number of hydrogen-bond acceptors (Lipinski definition) is 7. The first kappa shape index (κ1) is 28.9. The third-order valence-electron chi connectivity index (χ3n) is 5.80. The number of ether oxygens (including phenoxy) is 4. The number of carbonyl (C=O) groups is 3. The molecule has 1 saturated heterocycles. The fraction of sp³-hybridized carbons (Fsp3) is 0.444. The fourth-order valence-electron chi connectivity index (χ4n) is 3.90. The largest absolute Gasteiger partial charge is 0.489 e. The zero-order valence-corrected chi connectivity index (χ0v) is 23.3. The van der Waals surface area contributed by atoms with Gasteiger partial charge >= 0.3 is 12.1 Å². The summed E-state index contributed by atoms with van der Waals surface area (Å²) in [6.07, 6.45) is 1.73. The van der Waals surface area contributed by atoms with Gasteiger partial charge in [0.1, 0.15) is 24.7 Å². The van der Waals surface area contributed by atoms with Crippen LogP contribution >= 0.6 is 27.5 Å². The molecule has 0 aliphatic carbocycles. The molecule has 0 bridgehead atoms. The maximum atomic E-state index is 12.6. The lowest BCUT2D eigenvalue weighted by atomic mass is 10.1. The van der Waals surface area contributed by atoms with E-state index in [4.69, 9.17) is 30.5 Å². The van der Waals surface area contributed by atoms with Gasteiger partial charge in [-0.25, -0.2) is 9.59 Å². The second kappa shape index (κ2) is 14.4. The van der Waals surface area contributed by atoms with Crippen LogP contribution in [0.5, 0.6) is 5.75 Å². The molecule has 2 unspecified atom stereocenters. The van der Waals surface area contributed by atoms with Crippen LogP contribution in [0.4, 0.5) is 4.79 Å². The van der Waals surface area contributed by atoms with Gasteiger partial charge in [0.25, 0.3) is 0 Å². The number of carbonyl (C=O) groups excluding carboxylic acids is 3. The highest BCUT2D eigenvalue weighted by molar-refractivity contribution is 9.10. The maximum absolute atomic E-state index is 12.6. The molecule has 0 radical (unpaired) electrons. The van der Waals surface area contributed by atoms with Gasteiger partial charge in [0.2, 0.25) is 0 Å². The van der Waals surface area contributed by atoms with Gasteiger partial charge in [0.05, 0.1) is 32.5 Å². The van der Waals surface area contributed by atoms with Crippen molar-refractivity contribution in [2.75, 3.05) is 19.8 Å². The van der Waals surface area contributed by atoms with Crippen molar-refractivity contribution in [1.29, 1.82) is 0 Å². The van der Waals surface area contributed by atoms with E-state index in [-0.39, 0.29) is 26.4 Å². The van der Waals surface area contributed by atoms with Crippen molar-refractivity contribution in [3.05, 3.63) is 62.6 Å². The molecule has 1 aliphatic heterocycles. The lowest BCUT2D eigenvalue weighted by Crippen LogP contribution is -2.42. The Hall–Kier alpha value is -2.62. The first-order valence-corrected chi connectivity index (χ1v) is 13.4. The SMILES string of the molecule is CCCCOC(=O)N1CC(OCc2cc(C=O)cc(OCc3ccc(Cl)cc3Br)c2)CC1C(=O)OCC. The maximum Gasteiger partial charge on any atom is 0.410 e. The van der Waals surface area contributed by atoms with Crippen LogP contribution in [0.25, 0.3) is 0 Å². The molecule has 8 nitrogen and oxygen atoms in total. The number of esters is 1. The summed E-state index contributed by atoms with van der Waals surface area (Å²) in [5, 5.41) is 0.614. The highest BCUT2D eigenvalue weighted by Crippen LogP contribution is 2.26. The summed E-state index contributed by atoms with van der Waals surface area (Å²) in [6, 6.07) is 9.82. The van der Waals surface area contributed by atoms with Crippen molar-refractivity contribution in [3.63, 3.8) is 0 Å². The summed E-state index contributed by atoms with van der Waals surface area (Å²) in [7, 11) is 0. The first-order valence-electron chi connectivity index (χ1n) is 12.2. The summed E-state index contributed by atoms with van der Waals surface area (Å²) in [5.41, 5.74) is 2.08. The van der Waals surface area contributed by atoms with E-state index < -0.39 is 24.2 Å². The van der Waals surface area contributed by atoms with E-state index in [1.807, 2.05) is 13.0 Å². The van der Waals surface area contributed by atoms with Crippen molar-refractivity contribution in [2.24, 2.45) is 0 Å². The minimum absolute atomic E-state index is 0.168. The Morgan fingerprint density at radius 3 is 2.65 bits per heavy atom. The lowest BCUT2D eigenvalue weighted by Gasteiger charge is -2.22. The number of likely N-dealkylation sites (tertiary alicyclic amines) is 1. The molecule has 2 aromatic rings. The number of rotatable bonds is 12. The molecule has 0 aromatic heterocycles. The summed E-state index contributed by atoms with van der Waals surface area (Å²) >= 11 is 9.47. The minimum Gasteiger partial charge on any atom is -0.489 e. The summed E-state index contributed by atoms with van der Waals surface area (Å²) in [4.78, 5) is 38.0. The molecule has 1 aliphatic rings.